The second-order valence-electron chi connectivity index (χ2n) is 3.20. The highest BCUT2D eigenvalue weighted by Gasteiger charge is 2.05. The summed E-state index contributed by atoms with van der Waals surface area (Å²) in [5.41, 5.74) is 0. The van der Waals surface area contributed by atoms with E-state index in [2.05, 4.69) is 4.74 Å². The van der Waals surface area contributed by atoms with Crippen molar-refractivity contribution in [2.24, 2.45) is 0 Å². The predicted octanol–water partition coefficient (Wildman–Crippen LogP) is 3.34. The van der Waals surface area contributed by atoms with Gasteiger partial charge in [0.15, 0.2) is 6.10 Å². The molecule has 0 radical (unpaired) electrons. The molecular formula is C12H9Cl2NO3. The number of hydrogen-bond acceptors (Lipinski definition) is 4. The zero-order valence-electron chi connectivity index (χ0n) is 9.39. The Hall–Kier alpha value is -1.70. The topological polar surface area (TPSA) is 59.3 Å². The first-order valence-electron chi connectivity index (χ1n) is 4.91. The number of carbonyl (C=O) groups excluding carboxylic acids is 1. The minimum atomic E-state index is -0.804. The molecule has 6 heteroatoms. The smallest absolute Gasteiger partial charge is 0.335 e. The predicted molar refractivity (Wildman–Crippen MR) is 67.4 cm³/mol. The average molecular weight is 286 g/mol. The Morgan fingerprint density at radius 1 is 1.50 bits per heavy atom. The lowest BCUT2D eigenvalue weighted by Gasteiger charge is -2.04. The number of rotatable bonds is 4. The maximum absolute atomic E-state index is 11.1. The van der Waals surface area contributed by atoms with Gasteiger partial charge in [-0.1, -0.05) is 23.2 Å². The molecule has 0 saturated heterocycles. The summed E-state index contributed by atoms with van der Waals surface area (Å²) in [5, 5.41) is 9.25. The van der Waals surface area contributed by atoms with Gasteiger partial charge in [0.1, 0.15) is 11.8 Å². The Morgan fingerprint density at radius 3 is 2.83 bits per heavy atom. The third-order valence-electron chi connectivity index (χ3n) is 1.77. The van der Waals surface area contributed by atoms with Gasteiger partial charge in [0.2, 0.25) is 0 Å². The van der Waals surface area contributed by atoms with E-state index >= 15 is 0 Å². The summed E-state index contributed by atoms with van der Waals surface area (Å²) < 4.78 is 9.79. The molecule has 0 amide bonds. The van der Waals surface area contributed by atoms with Gasteiger partial charge in [-0.05, 0) is 25.1 Å². The van der Waals surface area contributed by atoms with Crippen LogP contribution in [0.3, 0.4) is 0 Å². The van der Waals surface area contributed by atoms with Crippen molar-refractivity contribution in [1.29, 1.82) is 5.26 Å². The Bertz CT molecular complexity index is 509. The lowest BCUT2D eigenvalue weighted by atomic mass is 10.3. The second kappa shape index (κ2) is 6.90. The van der Waals surface area contributed by atoms with E-state index in [1.165, 1.54) is 13.0 Å². The molecule has 0 aliphatic carbocycles. The number of nitriles is 1. The standard InChI is InChI=1S/C12H9Cl2NO3/c1-8(7-15)18-12(16)4-5-17-11-3-2-9(13)6-10(11)14/h2-6,8H,1H3/b5-4+. The normalized spacial score (nSPS) is 11.9. The Balaban J connectivity index is 2.55. The number of esters is 1. The first-order chi connectivity index (χ1) is 8.52. The van der Waals surface area contributed by atoms with E-state index in [1.807, 2.05) is 0 Å². The average Bonchev–Trinajstić information content (AvgIpc) is 2.31. The highest BCUT2D eigenvalue weighted by molar-refractivity contribution is 6.35. The quantitative estimate of drug-likeness (QED) is 0.484. The van der Waals surface area contributed by atoms with E-state index in [9.17, 15) is 4.79 Å². The fraction of sp³-hybridized carbons (Fsp3) is 0.167. The molecule has 94 valence electrons. The van der Waals surface area contributed by atoms with Gasteiger partial charge in [-0.3, -0.25) is 0 Å². The van der Waals surface area contributed by atoms with Gasteiger partial charge in [-0.15, -0.1) is 0 Å². The summed E-state index contributed by atoms with van der Waals surface area (Å²) in [7, 11) is 0. The first-order valence-corrected chi connectivity index (χ1v) is 5.67. The van der Waals surface area contributed by atoms with Gasteiger partial charge in [-0.25, -0.2) is 4.79 Å². The highest BCUT2D eigenvalue weighted by atomic mass is 35.5. The van der Waals surface area contributed by atoms with Crippen molar-refractivity contribution in [3.05, 3.63) is 40.6 Å². The number of halogens is 2. The number of hydrogen-bond donors (Lipinski definition) is 0. The molecule has 0 fully saturated rings. The SMILES string of the molecule is CC(C#N)OC(=O)/C=C/Oc1ccc(Cl)cc1Cl. The number of benzene rings is 1. The van der Waals surface area contributed by atoms with Gasteiger partial charge in [-0.2, -0.15) is 5.26 Å². The fourth-order valence-corrected chi connectivity index (χ4v) is 1.43. The molecule has 0 aliphatic rings. The van der Waals surface area contributed by atoms with Gasteiger partial charge in [0, 0.05) is 5.02 Å². The summed E-state index contributed by atoms with van der Waals surface area (Å²) in [6.45, 7) is 1.46. The van der Waals surface area contributed by atoms with Crippen LogP contribution < -0.4 is 4.74 Å². The number of carbonyl (C=O) groups is 1. The van der Waals surface area contributed by atoms with Crippen LogP contribution in [-0.2, 0) is 9.53 Å². The largest absolute Gasteiger partial charge is 0.463 e. The van der Waals surface area contributed by atoms with Crippen molar-refractivity contribution in [2.75, 3.05) is 0 Å². The maximum Gasteiger partial charge on any atom is 0.335 e. The minimum Gasteiger partial charge on any atom is -0.463 e. The molecular weight excluding hydrogens is 277 g/mol. The molecule has 0 aromatic heterocycles. The molecule has 0 spiro atoms. The van der Waals surface area contributed by atoms with Gasteiger partial charge in [0.05, 0.1) is 17.4 Å². The van der Waals surface area contributed by atoms with E-state index < -0.39 is 12.1 Å². The summed E-state index contributed by atoms with van der Waals surface area (Å²) in [6.07, 6.45) is 1.38. The van der Waals surface area contributed by atoms with Crippen molar-refractivity contribution in [3.8, 4) is 11.8 Å². The van der Waals surface area contributed by atoms with Crippen LogP contribution in [-0.4, -0.2) is 12.1 Å². The third-order valence-corrected chi connectivity index (χ3v) is 2.30. The number of ether oxygens (including phenoxy) is 2. The van der Waals surface area contributed by atoms with Crippen LogP contribution in [0, 0.1) is 11.3 Å². The molecule has 1 atom stereocenters. The van der Waals surface area contributed by atoms with Gasteiger partial charge < -0.3 is 9.47 Å². The summed E-state index contributed by atoms with van der Waals surface area (Å²) in [5.74, 6) is -0.312. The minimum absolute atomic E-state index is 0.325. The van der Waals surface area contributed by atoms with Crippen LogP contribution in [0.15, 0.2) is 30.5 Å². The van der Waals surface area contributed by atoms with Crippen molar-refractivity contribution in [1.82, 2.24) is 0 Å². The highest BCUT2D eigenvalue weighted by Crippen LogP contribution is 2.27. The van der Waals surface area contributed by atoms with Crippen molar-refractivity contribution < 1.29 is 14.3 Å². The lowest BCUT2D eigenvalue weighted by Crippen LogP contribution is -2.10. The first kappa shape index (κ1) is 14.4. The van der Waals surface area contributed by atoms with Crippen LogP contribution in [0.1, 0.15) is 6.92 Å². The van der Waals surface area contributed by atoms with Crippen LogP contribution >= 0.6 is 23.2 Å². The van der Waals surface area contributed by atoms with E-state index in [0.29, 0.717) is 15.8 Å². The van der Waals surface area contributed by atoms with E-state index in [-0.39, 0.29) is 0 Å². The molecule has 0 heterocycles. The Labute approximate surface area is 114 Å². The van der Waals surface area contributed by atoms with Crippen molar-refractivity contribution in [2.45, 2.75) is 13.0 Å². The van der Waals surface area contributed by atoms with Gasteiger partial charge >= 0.3 is 5.97 Å². The summed E-state index contributed by atoms with van der Waals surface area (Å²) in [6, 6.07) is 6.45. The lowest BCUT2D eigenvalue weighted by molar-refractivity contribution is -0.139. The summed E-state index contributed by atoms with van der Waals surface area (Å²) >= 11 is 11.6. The molecule has 1 unspecified atom stereocenters. The van der Waals surface area contributed by atoms with Gasteiger partial charge in [0.25, 0.3) is 0 Å². The molecule has 4 nitrogen and oxygen atoms in total. The molecule has 1 aromatic rings. The third kappa shape index (κ3) is 4.66. The molecule has 18 heavy (non-hydrogen) atoms. The zero-order chi connectivity index (χ0) is 13.5. The summed E-state index contributed by atoms with van der Waals surface area (Å²) in [4.78, 5) is 11.1. The Morgan fingerprint density at radius 2 is 2.22 bits per heavy atom. The van der Waals surface area contributed by atoms with Crippen LogP contribution in [0.4, 0.5) is 0 Å². The molecule has 1 rings (SSSR count). The second-order valence-corrected chi connectivity index (χ2v) is 4.05. The Kier molecular flexibility index (Phi) is 5.50. The zero-order valence-corrected chi connectivity index (χ0v) is 10.9. The monoisotopic (exact) mass is 285 g/mol. The molecule has 0 saturated carbocycles. The van der Waals surface area contributed by atoms with E-state index in [1.54, 1.807) is 18.2 Å². The van der Waals surface area contributed by atoms with Crippen molar-refractivity contribution >= 4 is 29.2 Å². The van der Waals surface area contributed by atoms with Crippen LogP contribution in [0.25, 0.3) is 0 Å². The fourth-order valence-electron chi connectivity index (χ4n) is 0.974. The van der Waals surface area contributed by atoms with E-state index in [4.69, 9.17) is 33.2 Å². The molecule has 0 aliphatic heterocycles. The van der Waals surface area contributed by atoms with E-state index in [0.717, 1.165) is 12.3 Å². The molecule has 0 bridgehead atoms. The molecule has 0 N–H and O–H groups in total. The van der Waals surface area contributed by atoms with Crippen LogP contribution in [0.2, 0.25) is 10.0 Å². The molecule has 1 aromatic carbocycles. The maximum atomic E-state index is 11.1. The van der Waals surface area contributed by atoms with Crippen LogP contribution in [0.5, 0.6) is 5.75 Å². The van der Waals surface area contributed by atoms with Crippen molar-refractivity contribution in [3.63, 3.8) is 0 Å². The number of nitrogens with zero attached hydrogens (tertiary/aromatic N) is 1.